The molecule has 1 aromatic rings. The van der Waals surface area contributed by atoms with Crippen LogP contribution in [0.25, 0.3) is 0 Å². The molecular formula is C9H15N3O3S. The predicted molar refractivity (Wildman–Crippen MR) is 59.1 cm³/mol. The molecule has 6 nitrogen and oxygen atoms in total. The van der Waals surface area contributed by atoms with Gasteiger partial charge in [0.05, 0.1) is 0 Å². The Labute approximate surface area is 94.9 Å². The van der Waals surface area contributed by atoms with Crippen molar-refractivity contribution in [1.29, 1.82) is 0 Å². The van der Waals surface area contributed by atoms with E-state index in [1.54, 1.807) is 12.4 Å². The zero-order valence-corrected chi connectivity index (χ0v) is 10.2. The fourth-order valence-corrected chi connectivity index (χ4v) is 1.81. The molecule has 2 atom stereocenters. The number of aromatic nitrogens is 2. The van der Waals surface area contributed by atoms with Crippen LogP contribution in [0, 0.1) is 6.92 Å². The number of nitrogens with two attached hydrogens (primary N) is 1. The lowest BCUT2D eigenvalue weighted by molar-refractivity contribution is 0.0948. The van der Waals surface area contributed by atoms with Gasteiger partial charge in [-0.1, -0.05) is 0 Å². The van der Waals surface area contributed by atoms with Crippen LogP contribution in [-0.4, -0.2) is 30.7 Å². The van der Waals surface area contributed by atoms with E-state index in [2.05, 4.69) is 9.97 Å². The third kappa shape index (κ3) is 2.97. The van der Waals surface area contributed by atoms with Gasteiger partial charge >= 0.3 is 0 Å². The largest absolute Gasteiger partial charge is 0.372 e. The average molecular weight is 245 g/mol. The summed E-state index contributed by atoms with van der Waals surface area (Å²) in [5, 5.41) is 4.17. The molecule has 0 aliphatic carbocycles. The van der Waals surface area contributed by atoms with Crippen molar-refractivity contribution in [3.8, 4) is 0 Å². The first-order valence-electron chi connectivity index (χ1n) is 4.69. The summed E-state index contributed by atoms with van der Waals surface area (Å²) < 4.78 is 27.5. The standard InChI is InChI=1S/C9H15N3O3S/c1-6-4-11-9(12-5-6)8(15-3)7(2)16(10,13)14/h4-5,7-8H,1-3H3,(H2,10,13,14). The van der Waals surface area contributed by atoms with Gasteiger partial charge in [-0.15, -0.1) is 0 Å². The highest BCUT2D eigenvalue weighted by molar-refractivity contribution is 7.89. The van der Waals surface area contributed by atoms with Gasteiger partial charge < -0.3 is 4.74 Å². The van der Waals surface area contributed by atoms with Gasteiger partial charge in [0.2, 0.25) is 10.0 Å². The second-order valence-electron chi connectivity index (χ2n) is 3.57. The molecule has 0 radical (unpaired) electrons. The molecule has 2 N–H and O–H groups in total. The Morgan fingerprint density at radius 1 is 1.38 bits per heavy atom. The second kappa shape index (κ2) is 4.86. The van der Waals surface area contributed by atoms with Gasteiger partial charge in [0, 0.05) is 19.5 Å². The lowest BCUT2D eigenvalue weighted by Gasteiger charge is -2.19. The van der Waals surface area contributed by atoms with Crippen LogP contribution in [0.2, 0.25) is 0 Å². The SMILES string of the molecule is COC(c1ncc(C)cn1)C(C)S(N)(=O)=O. The minimum atomic E-state index is -3.68. The van der Waals surface area contributed by atoms with E-state index >= 15 is 0 Å². The van der Waals surface area contributed by atoms with Gasteiger partial charge in [-0.25, -0.2) is 23.5 Å². The third-order valence-corrected chi connectivity index (χ3v) is 3.54. The number of sulfonamides is 1. The van der Waals surface area contributed by atoms with Gasteiger partial charge in [0.1, 0.15) is 11.4 Å². The summed E-state index contributed by atoms with van der Waals surface area (Å²) in [7, 11) is -2.28. The Morgan fingerprint density at radius 2 is 1.88 bits per heavy atom. The molecule has 90 valence electrons. The van der Waals surface area contributed by atoms with Crippen molar-refractivity contribution in [1.82, 2.24) is 9.97 Å². The van der Waals surface area contributed by atoms with Crippen LogP contribution < -0.4 is 5.14 Å². The molecule has 0 spiro atoms. The zero-order chi connectivity index (χ0) is 12.3. The van der Waals surface area contributed by atoms with Gasteiger partial charge in [-0.3, -0.25) is 0 Å². The zero-order valence-electron chi connectivity index (χ0n) is 9.41. The van der Waals surface area contributed by atoms with Crippen LogP contribution in [0.5, 0.6) is 0 Å². The molecule has 7 heteroatoms. The van der Waals surface area contributed by atoms with Crippen LogP contribution in [0.4, 0.5) is 0 Å². The highest BCUT2D eigenvalue weighted by Crippen LogP contribution is 2.20. The second-order valence-corrected chi connectivity index (χ2v) is 5.49. The lowest BCUT2D eigenvalue weighted by Crippen LogP contribution is -2.33. The minimum Gasteiger partial charge on any atom is -0.372 e. The average Bonchev–Trinajstić information content (AvgIpc) is 2.20. The Bertz CT molecular complexity index is 444. The summed E-state index contributed by atoms with van der Waals surface area (Å²) >= 11 is 0. The van der Waals surface area contributed by atoms with Crippen LogP contribution in [0.1, 0.15) is 24.4 Å². The summed E-state index contributed by atoms with van der Waals surface area (Å²) in [5.74, 6) is 0.314. The number of methoxy groups -OCH3 is 1. The first kappa shape index (κ1) is 13.0. The highest BCUT2D eigenvalue weighted by atomic mass is 32.2. The number of hydrogen-bond donors (Lipinski definition) is 1. The van der Waals surface area contributed by atoms with Crippen molar-refractivity contribution in [2.75, 3.05) is 7.11 Å². The summed E-state index contributed by atoms with van der Waals surface area (Å²) in [5.41, 5.74) is 0.891. The number of nitrogens with zero attached hydrogens (tertiary/aromatic N) is 2. The molecule has 0 saturated heterocycles. The molecule has 0 amide bonds. The Kier molecular flexibility index (Phi) is 3.95. The molecule has 0 aliphatic heterocycles. The molecule has 16 heavy (non-hydrogen) atoms. The summed E-state index contributed by atoms with van der Waals surface area (Å²) in [4.78, 5) is 8.06. The Hall–Kier alpha value is -1.05. The van der Waals surface area contributed by atoms with E-state index in [1.165, 1.54) is 14.0 Å². The van der Waals surface area contributed by atoms with Crippen LogP contribution in [0.15, 0.2) is 12.4 Å². The van der Waals surface area contributed by atoms with Crippen molar-refractivity contribution < 1.29 is 13.2 Å². The maximum Gasteiger partial charge on any atom is 0.214 e. The number of ether oxygens (including phenoxy) is 1. The van der Waals surface area contributed by atoms with Gasteiger partial charge in [-0.05, 0) is 19.4 Å². The van der Waals surface area contributed by atoms with Crippen molar-refractivity contribution in [3.63, 3.8) is 0 Å². The van der Waals surface area contributed by atoms with Crippen LogP contribution >= 0.6 is 0 Å². The molecule has 0 fully saturated rings. The first-order chi connectivity index (χ1) is 7.36. The van der Waals surface area contributed by atoms with Crippen molar-refractivity contribution in [3.05, 3.63) is 23.8 Å². The molecule has 1 aromatic heterocycles. The number of primary sulfonamides is 1. The first-order valence-corrected chi connectivity index (χ1v) is 6.30. The van der Waals surface area contributed by atoms with Gasteiger partial charge in [0.15, 0.2) is 5.82 Å². The topological polar surface area (TPSA) is 95.2 Å². The van der Waals surface area contributed by atoms with E-state index in [0.717, 1.165) is 5.56 Å². The summed E-state index contributed by atoms with van der Waals surface area (Å²) in [6.07, 6.45) is 2.45. The summed E-state index contributed by atoms with van der Waals surface area (Å²) in [6.45, 7) is 3.31. The molecule has 1 rings (SSSR count). The van der Waals surface area contributed by atoms with Crippen molar-refractivity contribution in [2.24, 2.45) is 5.14 Å². The molecule has 0 saturated carbocycles. The molecular weight excluding hydrogens is 230 g/mol. The molecule has 1 heterocycles. The van der Waals surface area contributed by atoms with Crippen molar-refractivity contribution in [2.45, 2.75) is 25.2 Å². The monoisotopic (exact) mass is 245 g/mol. The van der Waals surface area contributed by atoms with E-state index in [9.17, 15) is 8.42 Å². The number of hydrogen-bond acceptors (Lipinski definition) is 5. The smallest absolute Gasteiger partial charge is 0.214 e. The minimum absolute atomic E-state index is 0.314. The maximum absolute atomic E-state index is 11.2. The maximum atomic E-state index is 11.2. The molecule has 2 unspecified atom stereocenters. The van der Waals surface area contributed by atoms with Crippen LogP contribution in [-0.2, 0) is 14.8 Å². The lowest BCUT2D eigenvalue weighted by atomic mass is 10.2. The van der Waals surface area contributed by atoms with E-state index in [1.807, 2.05) is 6.92 Å². The fourth-order valence-electron chi connectivity index (χ4n) is 1.23. The quantitative estimate of drug-likeness (QED) is 0.814. The third-order valence-electron chi connectivity index (χ3n) is 2.25. The highest BCUT2D eigenvalue weighted by Gasteiger charge is 2.29. The van der Waals surface area contributed by atoms with E-state index in [0.29, 0.717) is 5.82 Å². The molecule has 0 aliphatic rings. The predicted octanol–water partition coefficient (Wildman–Crippen LogP) is 0.150. The van der Waals surface area contributed by atoms with Gasteiger partial charge in [0.25, 0.3) is 0 Å². The Morgan fingerprint density at radius 3 is 2.25 bits per heavy atom. The summed E-state index contributed by atoms with van der Waals surface area (Å²) in [6, 6.07) is 0. The number of aryl methyl sites for hydroxylation is 1. The van der Waals surface area contributed by atoms with Crippen molar-refractivity contribution >= 4 is 10.0 Å². The normalized spacial score (nSPS) is 15.8. The van der Waals surface area contributed by atoms with E-state index < -0.39 is 21.4 Å². The molecule has 0 bridgehead atoms. The number of rotatable bonds is 4. The van der Waals surface area contributed by atoms with Gasteiger partial charge in [-0.2, -0.15) is 0 Å². The Balaban J connectivity index is 3.03. The fraction of sp³-hybridized carbons (Fsp3) is 0.556. The molecule has 0 aromatic carbocycles. The van der Waals surface area contributed by atoms with E-state index in [-0.39, 0.29) is 0 Å². The van der Waals surface area contributed by atoms with Crippen LogP contribution in [0.3, 0.4) is 0 Å². The van der Waals surface area contributed by atoms with E-state index in [4.69, 9.17) is 9.88 Å².